The standard InChI is InChI=1S/C13H11F3O3S2/c1-21(17,18)19-8-10-7-11(9-5-3-2-4-6-9)12(20-10)13(14,15)16/h2-7H,8H2,1H3. The molecule has 0 saturated heterocycles. The summed E-state index contributed by atoms with van der Waals surface area (Å²) in [5.74, 6) is 0. The van der Waals surface area contributed by atoms with Crippen molar-refractivity contribution >= 4 is 21.5 Å². The van der Waals surface area contributed by atoms with Gasteiger partial charge in [-0.25, -0.2) is 0 Å². The molecule has 21 heavy (non-hydrogen) atoms. The third-order valence-electron chi connectivity index (χ3n) is 2.54. The van der Waals surface area contributed by atoms with Gasteiger partial charge in [0.1, 0.15) is 11.5 Å². The summed E-state index contributed by atoms with van der Waals surface area (Å²) < 4.78 is 65.6. The molecule has 0 spiro atoms. The molecule has 2 aromatic rings. The maximum absolute atomic E-state index is 13.1. The van der Waals surface area contributed by atoms with Crippen LogP contribution < -0.4 is 0 Å². The Labute approximate surface area is 124 Å². The molecule has 0 atom stereocenters. The van der Waals surface area contributed by atoms with E-state index in [9.17, 15) is 21.6 Å². The van der Waals surface area contributed by atoms with Gasteiger partial charge in [0.05, 0.1) is 6.26 Å². The number of benzene rings is 1. The average molecular weight is 336 g/mol. The summed E-state index contributed by atoms with van der Waals surface area (Å²) in [6.07, 6.45) is -3.65. The van der Waals surface area contributed by atoms with Crippen molar-refractivity contribution in [3.05, 3.63) is 46.2 Å². The van der Waals surface area contributed by atoms with E-state index < -0.39 is 27.8 Å². The minimum Gasteiger partial charge on any atom is -0.265 e. The van der Waals surface area contributed by atoms with Crippen molar-refractivity contribution < 1.29 is 25.8 Å². The van der Waals surface area contributed by atoms with Crippen molar-refractivity contribution in [3.8, 4) is 11.1 Å². The first kappa shape index (κ1) is 16.0. The van der Waals surface area contributed by atoms with Gasteiger partial charge in [0, 0.05) is 10.4 Å². The van der Waals surface area contributed by atoms with Crippen LogP contribution in [0.25, 0.3) is 11.1 Å². The first-order valence-corrected chi connectivity index (χ1v) is 8.40. The fraction of sp³-hybridized carbons (Fsp3) is 0.231. The number of thiophene rings is 1. The summed E-state index contributed by atoms with van der Waals surface area (Å²) in [6.45, 7) is -0.403. The molecule has 0 saturated carbocycles. The quantitative estimate of drug-likeness (QED) is 0.795. The molecule has 0 N–H and O–H groups in total. The highest BCUT2D eigenvalue weighted by molar-refractivity contribution is 7.85. The summed E-state index contributed by atoms with van der Waals surface area (Å²) in [5.41, 5.74) is 0.451. The predicted molar refractivity (Wildman–Crippen MR) is 74.4 cm³/mol. The van der Waals surface area contributed by atoms with Gasteiger partial charge in [-0.2, -0.15) is 21.6 Å². The number of hydrogen-bond donors (Lipinski definition) is 0. The molecule has 1 heterocycles. The first-order chi connectivity index (χ1) is 9.67. The van der Waals surface area contributed by atoms with E-state index in [0.717, 1.165) is 6.26 Å². The Morgan fingerprint density at radius 1 is 1.19 bits per heavy atom. The Morgan fingerprint density at radius 2 is 1.81 bits per heavy atom. The summed E-state index contributed by atoms with van der Waals surface area (Å²) in [7, 11) is -3.70. The molecule has 0 radical (unpaired) electrons. The van der Waals surface area contributed by atoms with Crippen molar-refractivity contribution in [1.29, 1.82) is 0 Å². The average Bonchev–Trinajstić information content (AvgIpc) is 2.81. The van der Waals surface area contributed by atoms with Gasteiger partial charge in [-0.1, -0.05) is 30.3 Å². The van der Waals surface area contributed by atoms with Crippen LogP contribution in [0.5, 0.6) is 0 Å². The third-order valence-corrected chi connectivity index (χ3v) is 4.24. The minimum atomic E-state index is -4.50. The van der Waals surface area contributed by atoms with Gasteiger partial charge in [0.2, 0.25) is 0 Å². The predicted octanol–water partition coefficient (Wildman–Crippen LogP) is 3.91. The van der Waals surface area contributed by atoms with E-state index in [4.69, 9.17) is 0 Å². The van der Waals surface area contributed by atoms with E-state index in [1.807, 2.05) is 0 Å². The molecular formula is C13H11F3O3S2. The van der Waals surface area contributed by atoms with Crippen LogP contribution in [0.3, 0.4) is 0 Å². The molecule has 114 valence electrons. The van der Waals surface area contributed by atoms with Gasteiger partial charge < -0.3 is 0 Å². The van der Waals surface area contributed by atoms with E-state index in [1.165, 1.54) is 6.07 Å². The molecular weight excluding hydrogens is 325 g/mol. The van der Waals surface area contributed by atoms with Crippen LogP contribution >= 0.6 is 11.3 Å². The Hall–Kier alpha value is -1.38. The van der Waals surface area contributed by atoms with E-state index in [1.54, 1.807) is 30.3 Å². The molecule has 1 aromatic carbocycles. The van der Waals surface area contributed by atoms with Crippen LogP contribution in [-0.2, 0) is 27.1 Å². The molecule has 2 rings (SSSR count). The molecule has 0 aliphatic carbocycles. The summed E-state index contributed by atoms with van der Waals surface area (Å²) >= 11 is 0.488. The third kappa shape index (κ3) is 4.29. The maximum atomic E-state index is 13.1. The van der Waals surface area contributed by atoms with Crippen molar-refractivity contribution in [1.82, 2.24) is 0 Å². The monoisotopic (exact) mass is 336 g/mol. The van der Waals surface area contributed by atoms with Crippen LogP contribution in [0.4, 0.5) is 13.2 Å². The maximum Gasteiger partial charge on any atom is 0.426 e. The van der Waals surface area contributed by atoms with Crippen molar-refractivity contribution in [3.63, 3.8) is 0 Å². The molecule has 0 unspecified atom stereocenters. The molecule has 0 aliphatic heterocycles. The largest absolute Gasteiger partial charge is 0.426 e. The topological polar surface area (TPSA) is 43.4 Å². The van der Waals surface area contributed by atoms with Gasteiger partial charge in [-0.3, -0.25) is 4.18 Å². The van der Waals surface area contributed by atoms with Crippen molar-refractivity contribution in [2.75, 3.05) is 6.26 Å². The van der Waals surface area contributed by atoms with Gasteiger partial charge in [0.25, 0.3) is 10.1 Å². The normalized spacial score (nSPS) is 12.6. The van der Waals surface area contributed by atoms with Gasteiger partial charge >= 0.3 is 6.18 Å². The lowest BCUT2D eigenvalue weighted by atomic mass is 10.1. The molecule has 0 amide bonds. The van der Waals surface area contributed by atoms with Crippen LogP contribution in [0.15, 0.2) is 36.4 Å². The molecule has 0 bridgehead atoms. The lowest BCUT2D eigenvalue weighted by Gasteiger charge is -2.07. The van der Waals surface area contributed by atoms with E-state index in [-0.39, 0.29) is 10.4 Å². The zero-order valence-corrected chi connectivity index (χ0v) is 12.5. The number of halogens is 3. The van der Waals surface area contributed by atoms with Gasteiger partial charge in [-0.05, 0) is 11.6 Å². The van der Waals surface area contributed by atoms with Crippen LogP contribution in [0.1, 0.15) is 9.75 Å². The summed E-state index contributed by atoms with van der Waals surface area (Å²) in [5, 5.41) is 0. The SMILES string of the molecule is CS(=O)(=O)OCc1cc(-c2ccccc2)c(C(F)(F)F)s1. The molecule has 0 aliphatic rings. The van der Waals surface area contributed by atoms with Crippen molar-refractivity contribution in [2.45, 2.75) is 12.8 Å². The Kier molecular flexibility index (Phi) is 4.40. The Morgan fingerprint density at radius 3 is 2.33 bits per heavy atom. The highest BCUT2D eigenvalue weighted by Gasteiger charge is 2.36. The second-order valence-corrected chi connectivity index (χ2v) is 7.07. The van der Waals surface area contributed by atoms with Crippen LogP contribution in [0, 0.1) is 0 Å². The smallest absolute Gasteiger partial charge is 0.265 e. The summed E-state index contributed by atoms with van der Waals surface area (Å²) in [6, 6.07) is 9.43. The van der Waals surface area contributed by atoms with Gasteiger partial charge in [0.15, 0.2) is 0 Å². The van der Waals surface area contributed by atoms with Crippen LogP contribution in [-0.4, -0.2) is 14.7 Å². The fourth-order valence-electron chi connectivity index (χ4n) is 1.72. The second-order valence-electron chi connectivity index (χ2n) is 4.29. The second kappa shape index (κ2) is 5.78. The van der Waals surface area contributed by atoms with E-state index >= 15 is 0 Å². The van der Waals surface area contributed by atoms with Crippen LogP contribution in [0.2, 0.25) is 0 Å². The Bertz CT molecular complexity index is 719. The fourth-order valence-corrected chi connectivity index (χ4v) is 3.10. The highest BCUT2D eigenvalue weighted by Crippen LogP contribution is 2.42. The lowest BCUT2D eigenvalue weighted by Crippen LogP contribution is -2.03. The van der Waals surface area contributed by atoms with E-state index in [2.05, 4.69) is 4.18 Å². The highest BCUT2D eigenvalue weighted by atomic mass is 32.2. The minimum absolute atomic E-state index is 0.0280. The Balaban J connectivity index is 2.42. The lowest BCUT2D eigenvalue weighted by molar-refractivity contribution is -0.133. The zero-order chi connectivity index (χ0) is 15.7. The zero-order valence-electron chi connectivity index (χ0n) is 10.8. The van der Waals surface area contributed by atoms with E-state index in [0.29, 0.717) is 16.9 Å². The molecule has 1 aromatic heterocycles. The molecule has 3 nitrogen and oxygen atoms in total. The van der Waals surface area contributed by atoms with Gasteiger partial charge in [-0.15, -0.1) is 11.3 Å². The number of hydrogen-bond acceptors (Lipinski definition) is 4. The first-order valence-electron chi connectivity index (χ1n) is 5.76. The summed E-state index contributed by atoms with van der Waals surface area (Å²) in [4.78, 5) is -0.563. The number of rotatable bonds is 4. The van der Waals surface area contributed by atoms with Crippen molar-refractivity contribution in [2.24, 2.45) is 0 Å². The molecule has 8 heteroatoms. The molecule has 0 fully saturated rings. The number of alkyl halides is 3.